The lowest BCUT2D eigenvalue weighted by atomic mass is 10.0. The molecular formula is C58H101NO5. The van der Waals surface area contributed by atoms with E-state index >= 15 is 0 Å². The van der Waals surface area contributed by atoms with Gasteiger partial charge in [0.2, 0.25) is 5.91 Å². The molecule has 0 aliphatic rings. The normalized spacial score (nSPS) is 13.9. The molecule has 3 N–H and O–H groups in total. The molecule has 0 bridgehead atoms. The quantitative estimate of drug-likeness (QED) is 0.0321. The van der Waals surface area contributed by atoms with Crippen LogP contribution < -0.4 is 5.32 Å². The van der Waals surface area contributed by atoms with E-state index in [9.17, 15) is 19.8 Å². The van der Waals surface area contributed by atoms with Crippen LogP contribution in [0.1, 0.15) is 245 Å². The van der Waals surface area contributed by atoms with E-state index in [0.717, 1.165) is 109 Å². The summed E-state index contributed by atoms with van der Waals surface area (Å²) in [6.45, 7) is 6.31. The third-order valence-electron chi connectivity index (χ3n) is 11.9. The van der Waals surface area contributed by atoms with Crippen molar-refractivity contribution in [3.8, 4) is 0 Å². The lowest BCUT2D eigenvalue weighted by Gasteiger charge is -2.24. The summed E-state index contributed by atoms with van der Waals surface area (Å²) in [7, 11) is 0. The second kappa shape index (κ2) is 51.0. The van der Waals surface area contributed by atoms with Gasteiger partial charge in [0.05, 0.1) is 25.2 Å². The maximum atomic E-state index is 13.2. The van der Waals surface area contributed by atoms with Gasteiger partial charge in [-0.1, -0.05) is 247 Å². The van der Waals surface area contributed by atoms with Crippen LogP contribution in [0.2, 0.25) is 0 Å². The van der Waals surface area contributed by atoms with Gasteiger partial charge in [0.15, 0.2) is 0 Å². The van der Waals surface area contributed by atoms with Crippen molar-refractivity contribution in [2.24, 2.45) is 0 Å². The van der Waals surface area contributed by atoms with Crippen molar-refractivity contribution in [2.45, 2.75) is 264 Å². The third-order valence-corrected chi connectivity index (χ3v) is 11.9. The summed E-state index contributed by atoms with van der Waals surface area (Å²) in [6.07, 6.45) is 66.3. The predicted octanol–water partition coefficient (Wildman–Crippen LogP) is 16.3. The number of rotatable bonds is 47. The molecule has 0 fully saturated rings. The Morgan fingerprint density at radius 1 is 0.469 bits per heavy atom. The zero-order chi connectivity index (χ0) is 46.7. The standard InChI is InChI=1S/C58H101NO5/c1-4-7-10-13-16-19-22-25-27-28-29-30-33-36-39-42-45-48-51-58(63)64-54(49-46-43-40-37-34-31-24-21-18-15-12-9-6-3)52-57(62)59-55(53-60)56(61)50-47-44-41-38-35-32-26-23-20-17-14-11-8-5-2/h9,12,15-16,18-19,21-22,24-25,27-30,54-56,60-61H,4-8,10-11,13-14,17,20,23,26,31-53H2,1-3H3,(H,59,62)/b12-9+,18-15+,19-16+,24-21+,25-22+,28-27+,30-29+. The maximum absolute atomic E-state index is 13.2. The van der Waals surface area contributed by atoms with Gasteiger partial charge in [-0.05, 0) is 70.6 Å². The summed E-state index contributed by atoms with van der Waals surface area (Å²) < 4.78 is 5.92. The van der Waals surface area contributed by atoms with Crippen molar-refractivity contribution in [1.82, 2.24) is 5.32 Å². The van der Waals surface area contributed by atoms with Crippen molar-refractivity contribution < 1.29 is 24.5 Å². The van der Waals surface area contributed by atoms with Gasteiger partial charge in [0, 0.05) is 6.42 Å². The van der Waals surface area contributed by atoms with E-state index in [1.165, 1.54) is 89.9 Å². The van der Waals surface area contributed by atoms with Crippen LogP contribution in [-0.4, -0.2) is 46.9 Å². The van der Waals surface area contributed by atoms with Crippen molar-refractivity contribution in [3.63, 3.8) is 0 Å². The molecule has 368 valence electrons. The first-order valence-corrected chi connectivity index (χ1v) is 26.9. The van der Waals surface area contributed by atoms with Crippen LogP contribution in [0.4, 0.5) is 0 Å². The molecule has 0 aliphatic heterocycles. The topological polar surface area (TPSA) is 95.9 Å². The molecule has 0 spiro atoms. The Morgan fingerprint density at radius 3 is 1.31 bits per heavy atom. The SMILES string of the molecule is CC/C=C/C=C/C=C/CCCCCCCC(CC(=O)NC(CO)C(O)CCCCCCCCCCCCCCCC)OC(=O)CCCCCCC/C=C/C=C/C=C/C=C/CCCCC. The van der Waals surface area contributed by atoms with Gasteiger partial charge in [-0.3, -0.25) is 9.59 Å². The minimum absolute atomic E-state index is 0.0503. The lowest BCUT2D eigenvalue weighted by Crippen LogP contribution is -2.46. The number of carbonyl (C=O) groups is 2. The number of amides is 1. The lowest BCUT2D eigenvalue weighted by molar-refractivity contribution is -0.151. The molecule has 6 heteroatoms. The minimum Gasteiger partial charge on any atom is -0.462 e. The molecule has 0 saturated heterocycles. The second-order valence-electron chi connectivity index (χ2n) is 18.0. The summed E-state index contributed by atoms with van der Waals surface area (Å²) in [5.74, 6) is -0.523. The predicted molar refractivity (Wildman–Crippen MR) is 278 cm³/mol. The van der Waals surface area contributed by atoms with Gasteiger partial charge in [0.1, 0.15) is 6.10 Å². The Labute approximate surface area is 395 Å². The smallest absolute Gasteiger partial charge is 0.306 e. The monoisotopic (exact) mass is 892 g/mol. The average molecular weight is 892 g/mol. The molecule has 0 aromatic rings. The summed E-state index contributed by atoms with van der Waals surface area (Å²) in [5, 5.41) is 23.8. The van der Waals surface area contributed by atoms with Gasteiger partial charge in [0.25, 0.3) is 0 Å². The van der Waals surface area contributed by atoms with Gasteiger partial charge in [-0.2, -0.15) is 0 Å². The fraction of sp³-hybridized carbons (Fsp3) is 0.724. The maximum Gasteiger partial charge on any atom is 0.306 e. The van der Waals surface area contributed by atoms with Crippen LogP contribution >= 0.6 is 0 Å². The number of nitrogens with one attached hydrogen (secondary N) is 1. The number of aliphatic hydroxyl groups excluding tert-OH is 2. The highest BCUT2D eigenvalue weighted by Gasteiger charge is 2.24. The molecule has 0 heterocycles. The van der Waals surface area contributed by atoms with Crippen LogP contribution in [0.5, 0.6) is 0 Å². The molecular weight excluding hydrogens is 791 g/mol. The van der Waals surface area contributed by atoms with Crippen molar-refractivity contribution in [3.05, 3.63) is 85.1 Å². The van der Waals surface area contributed by atoms with E-state index in [4.69, 9.17) is 4.74 Å². The van der Waals surface area contributed by atoms with Gasteiger partial charge < -0.3 is 20.3 Å². The fourth-order valence-electron chi connectivity index (χ4n) is 7.80. The van der Waals surface area contributed by atoms with Gasteiger partial charge >= 0.3 is 5.97 Å². The van der Waals surface area contributed by atoms with Gasteiger partial charge in [-0.15, -0.1) is 0 Å². The highest BCUT2D eigenvalue weighted by Crippen LogP contribution is 2.18. The Hall–Kier alpha value is -2.96. The third kappa shape index (κ3) is 45.6. The molecule has 0 aliphatic carbocycles. The summed E-state index contributed by atoms with van der Waals surface area (Å²) in [6, 6.07) is -0.718. The first-order valence-electron chi connectivity index (χ1n) is 26.9. The fourth-order valence-corrected chi connectivity index (χ4v) is 7.80. The summed E-state index contributed by atoms with van der Waals surface area (Å²) in [5.41, 5.74) is 0. The number of unbranched alkanes of at least 4 members (excludes halogenated alkanes) is 26. The Balaban J connectivity index is 4.63. The van der Waals surface area contributed by atoms with Crippen LogP contribution in [0, 0.1) is 0 Å². The summed E-state index contributed by atoms with van der Waals surface area (Å²) in [4.78, 5) is 26.2. The largest absolute Gasteiger partial charge is 0.462 e. The van der Waals surface area contributed by atoms with Gasteiger partial charge in [-0.25, -0.2) is 0 Å². The molecule has 0 aromatic carbocycles. The van der Waals surface area contributed by atoms with Crippen molar-refractivity contribution in [1.29, 1.82) is 0 Å². The number of esters is 1. The van der Waals surface area contributed by atoms with Crippen molar-refractivity contribution >= 4 is 11.9 Å². The number of hydrogen-bond acceptors (Lipinski definition) is 5. The molecule has 3 atom stereocenters. The summed E-state index contributed by atoms with van der Waals surface area (Å²) >= 11 is 0. The number of hydrogen-bond donors (Lipinski definition) is 3. The minimum atomic E-state index is -0.802. The van der Waals surface area contributed by atoms with E-state index in [1.54, 1.807) is 0 Å². The van der Waals surface area contributed by atoms with E-state index < -0.39 is 18.2 Å². The zero-order valence-corrected chi connectivity index (χ0v) is 41.9. The Bertz CT molecular complexity index is 1230. The van der Waals surface area contributed by atoms with Crippen LogP contribution in [0.15, 0.2) is 85.1 Å². The number of aliphatic hydroxyl groups is 2. The van der Waals surface area contributed by atoms with Crippen LogP contribution in [0.25, 0.3) is 0 Å². The first kappa shape index (κ1) is 61.0. The van der Waals surface area contributed by atoms with Crippen LogP contribution in [0.3, 0.4) is 0 Å². The molecule has 1 amide bonds. The Morgan fingerprint density at radius 2 is 0.844 bits per heavy atom. The molecule has 0 radical (unpaired) electrons. The second-order valence-corrected chi connectivity index (χ2v) is 18.0. The van der Waals surface area contributed by atoms with Crippen molar-refractivity contribution in [2.75, 3.05) is 6.61 Å². The van der Waals surface area contributed by atoms with E-state index in [1.807, 2.05) is 0 Å². The zero-order valence-electron chi connectivity index (χ0n) is 41.9. The van der Waals surface area contributed by atoms with E-state index in [-0.39, 0.29) is 24.9 Å². The molecule has 0 rings (SSSR count). The van der Waals surface area contributed by atoms with Crippen LogP contribution in [-0.2, 0) is 14.3 Å². The molecule has 0 aromatic heterocycles. The number of ether oxygens (including phenoxy) is 1. The number of carbonyl (C=O) groups excluding carboxylic acids is 2. The van der Waals surface area contributed by atoms with E-state index in [0.29, 0.717) is 19.3 Å². The number of allylic oxidation sites excluding steroid dienone is 14. The molecule has 0 saturated carbocycles. The Kier molecular flexibility index (Phi) is 48.7. The molecule has 6 nitrogen and oxygen atoms in total. The molecule has 3 unspecified atom stereocenters. The average Bonchev–Trinajstić information content (AvgIpc) is 3.29. The van der Waals surface area contributed by atoms with E-state index in [2.05, 4.69) is 111 Å². The molecule has 64 heavy (non-hydrogen) atoms. The highest BCUT2D eigenvalue weighted by atomic mass is 16.5. The first-order chi connectivity index (χ1) is 31.5. The highest BCUT2D eigenvalue weighted by molar-refractivity contribution is 5.77.